The third-order valence-electron chi connectivity index (χ3n) is 3.74. The van der Waals surface area contributed by atoms with E-state index in [4.69, 9.17) is 10.5 Å². The number of nitrogens with two attached hydrogens (primary N) is 1. The van der Waals surface area contributed by atoms with Gasteiger partial charge in [0, 0.05) is 5.92 Å². The van der Waals surface area contributed by atoms with Crippen LogP contribution in [-0.4, -0.2) is 29.7 Å². The summed E-state index contributed by atoms with van der Waals surface area (Å²) in [6.07, 6.45) is 3.30. The number of primary amides is 1. The van der Waals surface area contributed by atoms with Gasteiger partial charge in [-0.3, -0.25) is 14.4 Å². The van der Waals surface area contributed by atoms with E-state index in [2.05, 4.69) is 5.32 Å². The summed E-state index contributed by atoms with van der Waals surface area (Å²) in [5, 5.41) is 2.48. The molecule has 2 rings (SSSR count). The molecule has 3 N–H and O–H groups in total. The van der Waals surface area contributed by atoms with Crippen molar-refractivity contribution in [3.63, 3.8) is 0 Å². The molecule has 1 saturated heterocycles. The summed E-state index contributed by atoms with van der Waals surface area (Å²) in [5.74, 6) is -0.842. The monoisotopic (exact) mass is 292 g/mol. The molecule has 21 heavy (non-hydrogen) atoms. The predicted octanol–water partition coefficient (Wildman–Crippen LogP) is 0.430. The Kier molecular flexibility index (Phi) is 4.16. The molecule has 0 bridgehead atoms. The fourth-order valence-electron chi connectivity index (χ4n) is 2.69. The molecule has 6 nitrogen and oxygen atoms in total. The van der Waals surface area contributed by atoms with E-state index < -0.39 is 23.6 Å². The van der Waals surface area contributed by atoms with Gasteiger partial charge in [0.1, 0.15) is 23.5 Å². The average molecular weight is 292 g/mol. The highest BCUT2D eigenvalue weighted by molar-refractivity contribution is 6.27. The number of nitrogens with one attached hydrogen (secondary N) is 1. The number of allylic oxidation sites excluding steroid dienone is 1. The maximum absolute atomic E-state index is 12.2. The van der Waals surface area contributed by atoms with Gasteiger partial charge in [0.15, 0.2) is 5.78 Å². The lowest BCUT2D eigenvalue weighted by atomic mass is 9.91. The Labute approximate surface area is 123 Å². The third kappa shape index (κ3) is 2.99. The molecule has 2 amide bonds. The lowest BCUT2D eigenvalue weighted by molar-refractivity contribution is -0.122. The van der Waals surface area contributed by atoms with Crippen LogP contribution in [0.25, 0.3) is 0 Å². The predicted molar refractivity (Wildman–Crippen MR) is 75.8 cm³/mol. The zero-order valence-corrected chi connectivity index (χ0v) is 12.4. The van der Waals surface area contributed by atoms with Gasteiger partial charge in [0.25, 0.3) is 5.91 Å². The molecule has 3 unspecified atom stereocenters. The Morgan fingerprint density at radius 3 is 2.67 bits per heavy atom. The maximum atomic E-state index is 12.2. The Bertz CT molecular complexity index is 548. The average Bonchev–Trinajstić information content (AvgIpc) is 2.64. The number of hydrogen-bond donors (Lipinski definition) is 2. The van der Waals surface area contributed by atoms with Crippen LogP contribution >= 0.6 is 0 Å². The smallest absolute Gasteiger partial charge is 0.259 e. The van der Waals surface area contributed by atoms with Crippen LogP contribution in [0.15, 0.2) is 23.5 Å². The van der Waals surface area contributed by atoms with Crippen molar-refractivity contribution < 1.29 is 19.1 Å². The Balaban J connectivity index is 2.31. The number of hydrogen-bond acceptors (Lipinski definition) is 4. The van der Waals surface area contributed by atoms with Gasteiger partial charge in [0.2, 0.25) is 5.91 Å². The molecule has 6 heteroatoms. The fraction of sp³-hybridized carbons (Fsp3) is 0.533. The summed E-state index contributed by atoms with van der Waals surface area (Å²) in [4.78, 5) is 35.2. The van der Waals surface area contributed by atoms with Gasteiger partial charge in [-0.25, -0.2) is 0 Å². The molecule has 1 fully saturated rings. The Morgan fingerprint density at radius 1 is 1.43 bits per heavy atom. The molecule has 0 radical (unpaired) electrons. The van der Waals surface area contributed by atoms with Gasteiger partial charge in [-0.15, -0.1) is 0 Å². The van der Waals surface area contributed by atoms with Gasteiger partial charge in [-0.1, -0.05) is 26.8 Å². The summed E-state index contributed by atoms with van der Waals surface area (Å²) in [6, 6.07) is -0.883. The lowest BCUT2D eigenvalue weighted by Crippen LogP contribution is -2.33. The Morgan fingerprint density at radius 2 is 2.10 bits per heavy atom. The second-order valence-corrected chi connectivity index (χ2v) is 5.84. The fourth-order valence-corrected chi connectivity index (χ4v) is 2.69. The number of amides is 2. The van der Waals surface area contributed by atoms with Crippen LogP contribution in [0.4, 0.5) is 0 Å². The molecular weight excluding hydrogens is 272 g/mol. The molecule has 2 heterocycles. The van der Waals surface area contributed by atoms with Gasteiger partial charge < -0.3 is 15.8 Å². The van der Waals surface area contributed by atoms with E-state index in [1.807, 2.05) is 26.8 Å². The second-order valence-electron chi connectivity index (χ2n) is 5.84. The van der Waals surface area contributed by atoms with Crippen molar-refractivity contribution in [1.29, 1.82) is 0 Å². The normalized spacial score (nSPS) is 32.3. The molecule has 0 aromatic heterocycles. The summed E-state index contributed by atoms with van der Waals surface area (Å²) in [5.41, 5.74) is 5.06. The summed E-state index contributed by atoms with van der Waals surface area (Å²) < 4.78 is 5.83. The molecule has 0 spiro atoms. The lowest BCUT2D eigenvalue weighted by Gasteiger charge is -2.30. The first kappa shape index (κ1) is 15.3. The van der Waals surface area contributed by atoms with Gasteiger partial charge in [-0.05, 0) is 12.0 Å². The zero-order chi connectivity index (χ0) is 15.7. The molecule has 2 aliphatic rings. The van der Waals surface area contributed by atoms with E-state index in [1.165, 1.54) is 0 Å². The van der Waals surface area contributed by atoms with Gasteiger partial charge >= 0.3 is 0 Å². The molecule has 114 valence electrons. The molecule has 0 aromatic carbocycles. The highest BCUT2D eigenvalue weighted by atomic mass is 16.5. The van der Waals surface area contributed by atoms with Crippen molar-refractivity contribution in [3.8, 4) is 0 Å². The van der Waals surface area contributed by atoms with Crippen LogP contribution in [0.5, 0.6) is 0 Å². The third-order valence-corrected chi connectivity index (χ3v) is 3.74. The van der Waals surface area contributed by atoms with E-state index in [-0.39, 0.29) is 35.7 Å². The van der Waals surface area contributed by atoms with Crippen LogP contribution in [0, 0.1) is 11.8 Å². The number of ether oxygens (including phenoxy) is 1. The quantitative estimate of drug-likeness (QED) is 0.582. The first-order chi connectivity index (χ1) is 9.81. The minimum atomic E-state index is -0.883. The minimum absolute atomic E-state index is 0.0185. The first-order valence-electron chi connectivity index (χ1n) is 7.03. The second kappa shape index (κ2) is 5.71. The maximum Gasteiger partial charge on any atom is 0.259 e. The van der Waals surface area contributed by atoms with E-state index >= 15 is 0 Å². The molecular formula is C15H20N2O4. The first-order valence-corrected chi connectivity index (χ1v) is 7.03. The van der Waals surface area contributed by atoms with E-state index in [1.54, 1.807) is 6.08 Å². The van der Waals surface area contributed by atoms with Crippen molar-refractivity contribution in [2.45, 2.75) is 39.3 Å². The summed E-state index contributed by atoms with van der Waals surface area (Å²) >= 11 is 0. The molecule has 3 atom stereocenters. The van der Waals surface area contributed by atoms with Crippen LogP contribution in [0.1, 0.15) is 27.2 Å². The van der Waals surface area contributed by atoms with Crippen LogP contribution in [-0.2, 0) is 19.1 Å². The standard InChI is InChI=1S/C15H20N2O4/c1-7(2)14-8(3)4-5-10(21-14)12-13(19)9(6-11(16)18)17-15(12)20/h4-5,7-9,14H,6H2,1-3H3,(H2,16,18)(H,17,20)/b12-10-. The molecule has 2 aliphatic heterocycles. The van der Waals surface area contributed by atoms with Gasteiger partial charge in [-0.2, -0.15) is 0 Å². The topological polar surface area (TPSA) is 98.5 Å². The SMILES string of the molecule is CC(C)C1O/C(=C2\C(=O)NC(CC(N)=O)C2=O)C=CC1C. The van der Waals surface area contributed by atoms with Crippen molar-refractivity contribution in [1.82, 2.24) is 5.32 Å². The highest BCUT2D eigenvalue weighted by Gasteiger charge is 2.40. The number of rotatable bonds is 3. The summed E-state index contributed by atoms with van der Waals surface area (Å²) in [6.45, 7) is 6.07. The van der Waals surface area contributed by atoms with E-state index in [9.17, 15) is 14.4 Å². The molecule has 0 saturated carbocycles. The molecule has 0 aromatic rings. The van der Waals surface area contributed by atoms with Gasteiger partial charge in [0.05, 0.1) is 6.42 Å². The summed E-state index contributed by atoms with van der Waals surface area (Å²) in [7, 11) is 0. The van der Waals surface area contributed by atoms with Crippen molar-refractivity contribution in [2.24, 2.45) is 17.6 Å². The highest BCUT2D eigenvalue weighted by Crippen LogP contribution is 2.29. The molecule has 0 aliphatic carbocycles. The van der Waals surface area contributed by atoms with Crippen LogP contribution < -0.4 is 11.1 Å². The zero-order valence-electron chi connectivity index (χ0n) is 12.4. The Hall–Kier alpha value is -2.11. The number of Topliss-reactive ketones (excluding diaryl/α,β-unsaturated/α-hetero) is 1. The van der Waals surface area contributed by atoms with Crippen LogP contribution in [0.2, 0.25) is 0 Å². The number of carbonyl (C=O) groups excluding carboxylic acids is 3. The van der Waals surface area contributed by atoms with E-state index in [0.29, 0.717) is 0 Å². The van der Waals surface area contributed by atoms with Crippen molar-refractivity contribution in [3.05, 3.63) is 23.5 Å². The van der Waals surface area contributed by atoms with Crippen molar-refractivity contribution >= 4 is 17.6 Å². The number of ketones is 1. The van der Waals surface area contributed by atoms with Crippen LogP contribution in [0.3, 0.4) is 0 Å². The number of carbonyl (C=O) groups is 3. The van der Waals surface area contributed by atoms with E-state index in [0.717, 1.165) is 0 Å². The van der Waals surface area contributed by atoms with Crippen molar-refractivity contribution in [2.75, 3.05) is 0 Å². The largest absolute Gasteiger partial charge is 0.489 e. The minimum Gasteiger partial charge on any atom is -0.489 e.